The van der Waals surface area contributed by atoms with Crippen molar-refractivity contribution in [1.82, 2.24) is 9.80 Å². The molecule has 32 heavy (non-hydrogen) atoms. The van der Waals surface area contributed by atoms with Gasteiger partial charge in [0.15, 0.2) is 0 Å². The van der Waals surface area contributed by atoms with Gasteiger partial charge in [-0.3, -0.25) is 9.59 Å². The minimum absolute atomic E-state index is 0.0194. The van der Waals surface area contributed by atoms with Crippen molar-refractivity contribution in [3.05, 3.63) is 74.6 Å². The van der Waals surface area contributed by atoms with Gasteiger partial charge in [0.05, 0.1) is 10.9 Å². The third-order valence-electron chi connectivity index (χ3n) is 5.99. The monoisotopic (exact) mass is 468 g/mol. The topological polar surface area (TPSA) is 49.9 Å². The second-order valence-corrected chi connectivity index (χ2v) is 9.89. The molecule has 0 bridgehead atoms. The van der Waals surface area contributed by atoms with Crippen molar-refractivity contribution >= 4 is 34.5 Å². The highest BCUT2D eigenvalue weighted by molar-refractivity contribution is 7.12. The summed E-state index contributed by atoms with van der Waals surface area (Å²) in [5.74, 6) is 0.679. The predicted molar refractivity (Wildman–Crippen MR) is 130 cm³/mol. The molecule has 3 aromatic rings. The highest BCUT2D eigenvalue weighted by Gasteiger charge is 2.34. The molecule has 0 saturated carbocycles. The van der Waals surface area contributed by atoms with Crippen LogP contribution in [-0.2, 0) is 11.2 Å². The number of benzene rings is 1. The Hall–Kier alpha value is -2.64. The van der Waals surface area contributed by atoms with E-state index in [0.717, 1.165) is 24.2 Å². The van der Waals surface area contributed by atoms with Gasteiger partial charge in [-0.15, -0.1) is 22.7 Å². The number of amides is 2. The quantitative estimate of drug-likeness (QED) is 0.453. The second-order valence-electron chi connectivity index (χ2n) is 7.94. The van der Waals surface area contributed by atoms with Crippen molar-refractivity contribution in [3.63, 3.8) is 0 Å². The Morgan fingerprint density at radius 2 is 1.94 bits per heavy atom. The third kappa shape index (κ3) is 4.89. The van der Waals surface area contributed by atoms with Crippen LogP contribution in [0.1, 0.15) is 46.4 Å². The Bertz CT molecular complexity index is 1030. The Kier molecular flexibility index (Phi) is 7.27. The maximum absolute atomic E-state index is 13.5. The first-order valence-electron chi connectivity index (χ1n) is 11.0. The number of ether oxygens (including phenoxy) is 1. The summed E-state index contributed by atoms with van der Waals surface area (Å²) in [6, 6.07) is 15.3. The minimum Gasteiger partial charge on any atom is -0.491 e. The van der Waals surface area contributed by atoms with Crippen molar-refractivity contribution in [2.45, 2.75) is 38.8 Å². The molecular weight excluding hydrogens is 440 g/mol. The first-order valence-corrected chi connectivity index (χ1v) is 12.7. The van der Waals surface area contributed by atoms with Crippen LogP contribution in [0.15, 0.2) is 59.3 Å². The molecule has 0 fully saturated rings. The first-order chi connectivity index (χ1) is 15.6. The lowest BCUT2D eigenvalue weighted by atomic mass is 10.00. The molecule has 3 heterocycles. The van der Waals surface area contributed by atoms with Gasteiger partial charge in [0, 0.05) is 17.5 Å². The van der Waals surface area contributed by atoms with E-state index in [1.165, 1.54) is 16.2 Å². The number of thiophene rings is 2. The number of nitrogens with zero attached hydrogens (tertiary/aromatic N) is 2. The molecule has 0 N–H and O–H groups in total. The van der Waals surface area contributed by atoms with Gasteiger partial charge < -0.3 is 14.5 Å². The summed E-state index contributed by atoms with van der Waals surface area (Å²) in [5, 5.41) is 3.98. The van der Waals surface area contributed by atoms with Crippen LogP contribution in [0.2, 0.25) is 0 Å². The summed E-state index contributed by atoms with van der Waals surface area (Å²) in [7, 11) is 0. The lowest BCUT2D eigenvalue weighted by Gasteiger charge is -2.38. The molecule has 0 aliphatic carbocycles. The average molecular weight is 469 g/mol. The number of hydrogen-bond acceptors (Lipinski definition) is 5. The highest BCUT2D eigenvalue weighted by atomic mass is 32.1. The Labute approximate surface area is 197 Å². The predicted octanol–water partition coefficient (Wildman–Crippen LogP) is 5.26. The number of fused-ring (bicyclic) bond motifs is 1. The van der Waals surface area contributed by atoms with Crippen LogP contribution in [0.5, 0.6) is 5.75 Å². The fraction of sp³-hybridized carbons (Fsp3) is 0.360. The molecule has 2 aromatic heterocycles. The SMILES string of the molecule is CC[C@H](C)N(CC(=O)N1CCc2sccc2[C@H]1COc1ccccc1)C(=O)c1cccs1. The highest BCUT2D eigenvalue weighted by Crippen LogP contribution is 2.34. The molecule has 1 aromatic carbocycles. The fourth-order valence-electron chi connectivity index (χ4n) is 3.99. The molecule has 4 rings (SSSR count). The van der Waals surface area contributed by atoms with Gasteiger partial charge in [-0.05, 0) is 60.4 Å². The number of hydrogen-bond donors (Lipinski definition) is 0. The summed E-state index contributed by atoms with van der Waals surface area (Å²) in [4.78, 5) is 32.2. The van der Waals surface area contributed by atoms with Crippen LogP contribution < -0.4 is 4.74 Å². The lowest BCUT2D eigenvalue weighted by molar-refractivity contribution is -0.136. The van der Waals surface area contributed by atoms with Gasteiger partial charge in [0.2, 0.25) is 5.91 Å². The van der Waals surface area contributed by atoms with Crippen LogP contribution in [0.3, 0.4) is 0 Å². The van der Waals surface area contributed by atoms with E-state index in [4.69, 9.17) is 4.74 Å². The summed E-state index contributed by atoms with van der Waals surface area (Å²) >= 11 is 3.15. The lowest BCUT2D eigenvalue weighted by Crippen LogP contribution is -2.49. The molecule has 2 amide bonds. The van der Waals surface area contributed by atoms with E-state index >= 15 is 0 Å². The Morgan fingerprint density at radius 1 is 1.12 bits per heavy atom. The average Bonchev–Trinajstić information content (AvgIpc) is 3.53. The molecule has 0 radical (unpaired) electrons. The van der Waals surface area contributed by atoms with Crippen molar-refractivity contribution in [2.75, 3.05) is 19.7 Å². The third-order valence-corrected chi connectivity index (χ3v) is 7.84. The number of carbonyl (C=O) groups is 2. The zero-order chi connectivity index (χ0) is 22.5. The first kappa shape index (κ1) is 22.6. The van der Waals surface area contributed by atoms with E-state index in [0.29, 0.717) is 18.0 Å². The van der Waals surface area contributed by atoms with E-state index in [9.17, 15) is 9.59 Å². The molecule has 0 unspecified atom stereocenters. The Balaban J connectivity index is 1.53. The molecule has 168 valence electrons. The zero-order valence-electron chi connectivity index (χ0n) is 18.4. The van der Waals surface area contributed by atoms with Crippen molar-refractivity contribution < 1.29 is 14.3 Å². The minimum atomic E-state index is -0.159. The van der Waals surface area contributed by atoms with Crippen molar-refractivity contribution in [3.8, 4) is 5.75 Å². The standard InChI is InChI=1S/C25H28N2O3S2/c1-3-18(2)27(25(29)23-10-7-14-31-23)16-24(28)26-13-11-22-20(12-15-32-22)21(26)17-30-19-8-5-4-6-9-19/h4-10,12,14-15,18,21H,3,11,13,16-17H2,1-2H3/t18-,21+/m0/s1. The van der Waals surface area contributed by atoms with Gasteiger partial charge >= 0.3 is 0 Å². The van der Waals surface area contributed by atoms with Gasteiger partial charge in [-0.1, -0.05) is 31.2 Å². The molecule has 1 aliphatic heterocycles. The van der Waals surface area contributed by atoms with Crippen LogP contribution in [0.25, 0.3) is 0 Å². The van der Waals surface area contributed by atoms with Crippen molar-refractivity contribution in [2.24, 2.45) is 0 Å². The summed E-state index contributed by atoms with van der Waals surface area (Å²) in [6.45, 7) is 5.15. The number of rotatable bonds is 8. The van der Waals surface area contributed by atoms with E-state index < -0.39 is 0 Å². The van der Waals surface area contributed by atoms with E-state index in [1.54, 1.807) is 16.2 Å². The van der Waals surface area contributed by atoms with Gasteiger partial charge in [-0.2, -0.15) is 0 Å². The van der Waals surface area contributed by atoms with Crippen LogP contribution in [0.4, 0.5) is 0 Å². The fourth-order valence-corrected chi connectivity index (χ4v) is 5.60. The normalized spacial score (nSPS) is 16.3. The molecule has 0 spiro atoms. The largest absolute Gasteiger partial charge is 0.491 e. The van der Waals surface area contributed by atoms with E-state index in [1.807, 2.05) is 66.6 Å². The smallest absolute Gasteiger partial charge is 0.264 e. The van der Waals surface area contributed by atoms with Gasteiger partial charge in [-0.25, -0.2) is 0 Å². The zero-order valence-corrected chi connectivity index (χ0v) is 20.0. The molecule has 0 saturated heterocycles. The van der Waals surface area contributed by atoms with E-state index in [2.05, 4.69) is 11.4 Å². The van der Waals surface area contributed by atoms with E-state index in [-0.39, 0.29) is 30.4 Å². The van der Waals surface area contributed by atoms with Crippen LogP contribution in [-0.4, -0.2) is 47.4 Å². The van der Waals surface area contributed by atoms with Crippen LogP contribution >= 0.6 is 22.7 Å². The number of carbonyl (C=O) groups excluding carboxylic acids is 2. The Morgan fingerprint density at radius 3 is 2.66 bits per heavy atom. The molecule has 7 heteroatoms. The molecule has 1 aliphatic rings. The maximum Gasteiger partial charge on any atom is 0.264 e. The summed E-state index contributed by atoms with van der Waals surface area (Å²) in [5.41, 5.74) is 1.16. The number of para-hydroxylation sites is 1. The maximum atomic E-state index is 13.5. The summed E-state index contributed by atoms with van der Waals surface area (Å²) in [6.07, 6.45) is 1.63. The molecule has 5 nitrogen and oxygen atoms in total. The van der Waals surface area contributed by atoms with Gasteiger partial charge in [0.25, 0.3) is 5.91 Å². The molecule has 2 atom stereocenters. The van der Waals surface area contributed by atoms with Gasteiger partial charge in [0.1, 0.15) is 18.9 Å². The summed E-state index contributed by atoms with van der Waals surface area (Å²) < 4.78 is 6.06. The molecular formula is C25H28N2O3S2. The van der Waals surface area contributed by atoms with Crippen molar-refractivity contribution in [1.29, 1.82) is 0 Å². The van der Waals surface area contributed by atoms with Crippen LogP contribution in [0, 0.1) is 0 Å². The second kappa shape index (κ2) is 10.3.